The minimum absolute atomic E-state index is 0.0731. The minimum atomic E-state index is 0.0731. The fourth-order valence-corrected chi connectivity index (χ4v) is 3.76. The van der Waals surface area contributed by atoms with E-state index in [-0.39, 0.29) is 5.91 Å². The summed E-state index contributed by atoms with van der Waals surface area (Å²) in [5, 5.41) is 0. The van der Waals surface area contributed by atoms with Gasteiger partial charge >= 0.3 is 0 Å². The van der Waals surface area contributed by atoms with Crippen LogP contribution in [0.4, 0.5) is 5.69 Å². The van der Waals surface area contributed by atoms with Crippen LogP contribution in [0, 0.1) is 11.8 Å². The first-order valence-electron chi connectivity index (χ1n) is 8.80. The summed E-state index contributed by atoms with van der Waals surface area (Å²) in [6, 6.07) is 4.36. The van der Waals surface area contributed by atoms with Gasteiger partial charge in [-0.15, -0.1) is 0 Å². The second-order valence-electron chi connectivity index (χ2n) is 7.08. The Balaban J connectivity index is 1.51. The van der Waals surface area contributed by atoms with Crippen LogP contribution in [0.3, 0.4) is 0 Å². The molecule has 0 aromatic carbocycles. The molecule has 2 aliphatic carbocycles. The van der Waals surface area contributed by atoms with E-state index in [1.807, 2.05) is 24.1 Å². The molecule has 3 aliphatic rings. The molecule has 1 aromatic heterocycles. The van der Waals surface area contributed by atoms with Crippen LogP contribution in [0.5, 0.6) is 0 Å². The normalized spacial score (nSPS) is 21.6. The SMILES string of the molecule is CN(C(=O)c1cc(N2CCOCC2)ccn1)C(C1CC1)C1CC1. The summed E-state index contributed by atoms with van der Waals surface area (Å²) in [4.78, 5) is 21.5. The summed E-state index contributed by atoms with van der Waals surface area (Å²) < 4.78 is 5.40. The Bertz CT molecular complexity index is 565. The van der Waals surface area contributed by atoms with Gasteiger partial charge in [0.15, 0.2) is 0 Å². The molecular formula is C18H25N3O2. The number of carbonyl (C=O) groups excluding carboxylic acids is 1. The van der Waals surface area contributed by atoms with Crippen LogP contribution in [0.2, 0.25) is 0 Å². The Labute approximate surface area is 137 Å². The summed E-state index contributed by atoms with van der Waals surface area (Å²) >= 11 is 0. The molecule has 0 unspecified atom stereocenters. The fourth-order valence-electron chi connectivity index (χ4n) is 3.76. The molecule has 5 nitrogen and oxygen atoms in total. The maximum absolute atomic E-state index is 12.9. The van der Waals surface area contributed by atoms with E-state index >= 15 is 0 Å². The molecule has 1 aliphatic heterocycles. The number of rotatable bonds is 5. The van der Waals surface area contributed by atoms with Crippen molar-refractivity contribution in [1.29, 1.82) is 0 Å². The Kier molecular flexibility index (Phi) is 3.97. The average Bonchev–Trinajstić information content (AvgIpc) is 3.50. The fraction of sp³-hybridized carbons (Fsp3) is 0.667. The Morgan fingerprint density at radius 1 is 1.26 bits per heavy atom. The summed E-state index contributed by atoms with van der Waals surface area (Å²) in [7, 11) is 1.97. The number of morpholine rings is 1. The molecule has 1 amide bonds. The molecule has 4 rings (SSSR count). The maximum atomic E-state index is 12.9. The molecule has 0 atom stereocenters. The van der Waals surface area contributed by atoms with E-state index in [2.05, 4.69) is 9.88 Å². The summed E-state index contributed by atoms with van der Waals surface area (Å²) in [6.07, 6.45) is 6.87. The van der Waals surface area contributed by atoms with E-state index in [9.17, 15) is 4.79 Å². The van der Waals surface area contributed by atoms with Crippen molar-refractivity contribution >= 4 is 11.6 Å². The zero-order valence-corrected chi connectivity index (χ0v) is 13.8. The van der Waals surface area contributed by atoms with Crippen LogP contribution in [0.15, 0.2) is 18.3 Å². The second-order valence-corrected chi connectivity index (χ2v) is 7.08. The molecule has 23 heavy (non-hydrogen) atoms. The van der Waals surface area contributed by atoms with Gasteiger partial charge in [0, 0.05) is 38.1 Å². The number of hydrogen-bond acceptors (Lipinski definition) is 4. The van der Waals surface area contributed by atoms with E-state index in [0.717, 1.165) is 43.8 Å². The Hall–Kier alpha value is -1.62. The Morgan fingerprint density at radius 2 is 1.91 bits per heavy atom. The highest BCUT2D eigenvalue weighted by molar-refractivity contribution is 5.93. The lowest BCUT2D eigenvalue weighted by Gasteiger charge is -2.30. The molecule has 2 saturated carbocycles. The third-order valence-corrected chi connectivity index (χ3v) is 5.32. The van der Waals surface area contributed by atoms with Crippen molar-refractivity contribution in [2.75, 3.05) is 38.3 Å². The van der Waals surface area contributed by atoms with Gasteiger partial charge in [-0.1, -0.05) is 0 Å². The van der Waals surface area contributed by atoms with Crippen LogP contribution in [-0.2, 0) is 4.74 Å². The zero-order chi connectivity index (χ0) is 15.8. The van der Waals surface area contributed by atoms with Gasteiger partial charge in [-0.25, -0.2) is 0 Å². The van der Waals surface area contributed by atoms with E-state index in [1.165, 1.54) is 25.7 Å². The molecule has 1 aromatic rings. The summed E-state index contributed by atoms with van der Waals surface area (Å²) in [5.41, 5.74) is 1.65. The van der Waals surface area contributed by atoms with Gasteiger partial charge < -0.3 is 14.5 Å². The van der Waals surface area contributed by atoms with E-state index in [0.29, 0.717) is 11.7 Å². The first-order valence-corrected chi connectivity index (χ1v) is 8.80. The van der Waals surface area contributed by atoms with Crippen molar-refractivity contribution in [2.45, 2.75) is 31.7 Å². The second kappa shape index (κ2) is 6.11. The standard InChI is InChI=1S/C18H25N3O2/c1-20(17(13-2-3-13)14-4-5-14)18(22)16-12-15(6-7-19-16)21-8-10-23-11-9-21/h6-7,12-14,17H,2-5,8-11H2,1H3. The van der Waals surface area contributed by atoms with Gasteiger partial charge in [-0.3, -0.25) is 9.78 Å². The minimum Gasteiger partial charge on any atom is -0.378 e. The van der Waals surface area contributed by atoms with Gasteiger partial charge in [0.05, 0.1) is 13.2 Å². The molecule has 1 saturated heterocycles. The number of anilines is 1. The van der Waals surface area contributed by atoms with Crippen LogP contribution in [-0.4, -0.2) is 55.2 Å². The van der Waals surface area contributed by atoms with Gasteiger partial charge in [0.25, 0.3) is 5.91 Å². The number of ether oxygens (including phenoxy) is 1. The molecule has 2 heterocycles. The predicted molar refractivity (Wildman–Crippen MR) is 88.6 cm³/mol. The van der Waals surface area contributed by atoms with Crippen LogP contribution >= 0.6 is 0 Å². The highest BCUT2D eigenvalue weighted by Gasteiger charge is 2.45. The molecule has 0 N–H and O–H groups in total. The molecule has 0 bridgehead atoms. The number of hydrogen-bond donors (Lipinski definition) is 0. The van der Waals surface area contributed by atoms with Crippen molar-refractivity contribution in [3.05, 3.63) is 24.0 Å². The van der Waals surface area contributed by atoms with Crippen molar-refractivity contribution in [1.82, 2.24) is 9.88 Å². The van der Waals surface area contributed by atoms with Crippen LogP contribution in [0.25, 0.3) is 0 Å². The molecule has 3 fully saturated rings. The van der Waals surface area contributed by atoms with Gasteiger partial charge in [0.2, 0.25) is 0 Å². The first kappa shape index (κ1) is 14.9. The maximum Gasteiger partial charge on any atom is 0.272 e. The number of aromatic nitrogens is 1. The molecule has 0 spiro atoms. The van der Waals surface area contributed by atoms with Crippen LogP contribution < -0.4 is 4.90 Å². The quantitative estimate of drug-likeness (QED) is 0.835. The monoisotopic (exact) mass is 315 g/mol. The predicted octanol–water partition coefficient (Wildman–Crippen LogP) is 2.18. The smallest absolute Gasteiger partial charge is 0.272 e. The van der Waals surface area contributed by atoms with Gasteiger partial charge in [-0.2, -0.15) is 0 Å². The lowest BCUT2D eigenvalue weighted by molar-refractivity contribution is 0.0684. The number of nitrogens with zero attached hydrogens (tertiary/aromatic N) is 3. The van der Waals surface area contributed by atoms with Crippen molar-refractivity contribution in [2.24, 2.45) is 11.8 Å². The van der Waals surface area contributed by atoms with E-state index in [4.69, 9.17) is 4.74 Å². The highest BCUT2D eigenvalue weighted by Crippen LogP contribution is 2.47. The lowest BCUT2D eigenvalue weighted by atomic mass is 10.1. The molecular weight excluding hydrogens is 290 g/mol. The van der Waals surface area contributed by atoms with E-state index in [1.54, 1.807) is 6.20 Å². The number of amides is 1. The third-order valence-electron chi connectivity index (χ3n) is 5.32. The van der Waals surface area contributed by atoms with Crippen LogP contribution in [0.1, 0.15) is 36.2 Å². The lowest BCUT2D eigenvalue weighted by Crippen LogP contribution is -2.40. The topological polar surface area (TPSA) is 45.7 Å². The zero-order valence-electron chi connectivity index (χ0n) is 13.8. The molecule has 5 heteroatoms. The number of pyridine rings is 1. The highest BCUT2D eigenvalue weighted by atomic mass is 16.5. The number of carbonyl (C=O) groups is 1. The Morgan fingerprint density at radius 3 is 2.52 bits per heavy atom. The average molecular weight is 315 g/mol. The molecule has 124 valence electrons. The van der Waals surface area contributed by atoms with Crippen molar-refractivity contribution in [3.63, 3.8) is 0 Å². The van der Waals surface area contributed by atoms with E-state index < -0.39 is 0 Å². The van der Waals surface area contributed by atoms with Gasteiger partial charge in [-0.05, 0) is 49.7 Å². The van der Waals surface area contributed by atoms with Gasteiger partial charge in [0.1, 0.15) is 5.69 Å². The summed E-state index contributed by atoms with van der Waals surface area (Å²) in [5.74, 6) is 1.52. The van der Waals surface area contributed by atoms with Crippen molar-refractivity contribution in [3.8, 4) is 0 Å². The largest absolute Gasteiger partial charge is 0.378 e. The third kappa shape index (κ3) is 3.20. The molecule has 0 radical (unpaired) electrons. The van der Waals surface area contributed by atoms with Crippen molar-refractivity contribution < 1.29 is 9.53 Å². The summed E-state index contributed by atoms with van der Waals surface area (Å²) in [6.45, 7) is 3.24. The first-order chi connectivity index (χ1) is 11.2.